The van der Waals surface area contributed by atoms with Crippen LogP contribution in [-0.4, -0.2) is 36.1 Å². The van der Waals surface area contributed by atoms with Crippen LogP contribution in [-0.2, 0) is 9.53 Å². The fourth-order valence-electron chi connectivity index (χ4n) is 2.64. The number of hydrazine groups is 1. The molecule has 7 nitrogen and oxygen atoms in total. The summed E-state index contributed by atoms with van der Waals surface area (Å²) in [6, 6.07) is 11.3. The Hall–Kier alpha value is -2.59. The van der Waals surface area contributed by atoms with Crippen molar-refractivity contribution in [1.29, 1.82) is 5.26 Å². The number of Topliss-reactive ketones (excluding diaryl/α,β-unsaturated/α-hetero) is 1. The highest BCUT2D eigenvalue weighted by Gasteiger charge is 2.42. The van der Waals surface area contributed by atoms with Crippen molar-refractivity contribution in [3.8, 4) is 6.07 Å². The number of hydrogen-bond acceptors (Lipinski definition) is 6. The highest BCUT2D eigenvalue weighted by Crippen LogP contribution is 2.21. The van der Waals surface area contributed by atoms with Gasteiger partial charge in [-0.25, -0.2) is 10.2 Å². The maximum absolute atomic E-state index is 12.1. The maximum atomic E-state index is 12.1. The van der Waals surface area contributed by atoms with Gasteiger partial charge in [0.1, 0.15) is 5.60 Å². The van der Waals surface area contributed by atoms with Crippen LogP contribution in [0.2, 0.25) is 0 Å². The van der Waals surface area contributed by atoms with Crippen LogP contribution in [0.25, 0.3) is 0 Å². The number of amides is 1. The minimum Gasteiger partial charge on any atom is -0.443 e. The first-order valence-corrected chi connectivity index (χ1v) is 8.27. The lowest BCUT2D eigenvalue weighted by Crippen LogP contribution is -2.51. The molecule has 0 saturated carbocycles. The highest BCUT2D eigenvalue weighted by molar-refractivity contribution is 5.93. The van der Waals surface area contributed by atoms with Gasteiger partial charge in [-0.15, -0.1) is 0 Å². The average molecular weight is 344 g/mol. The first kappa shape index (κ1) is 18.7. The average Bonchev–Trinajstić information content (AvgIpc) is 2.92. The summed E-state index contributed by atoms with van der Waals surface area (Å²) in [4.78, 5) is 24.2. The molecule has 25 heavy (non-hydrogen) atoms. The van der Waals surface area contributed by atoms with E-state index in [0.717, 1.165) is 5.69 Å². The Morgan fingerprint density at radius 3 is 2.60 bits per heavy atom. The molecule has 1 unspecified atom stereocenters. The number of anilines is 1. The lowest BCUT2D eigenvalue weighted by molar-refractivity contribution is -0.120. The first-order valence-electron chi connectivity index (χ1n) is 8.27. The zero-order valence-electron chi connectivity index (χ0n) is 14.8. The van der Waals surface area contributed by atoms with Gasteiger partial charge in [0, 0.05) is 25.9 Å². The molecule has 1 saturated heterocycles. The van der Waals surface area contributed by atoms with Crippen LogP contribution in [0.3, 0.4) is 0 Å². The Morgan fingerprint density at radius 1 is 1.40 bits per heavy atom. The third-order valence-corrected chi connectivity index (χ3v) is 3.85. The maximum Gasteiger partial charge on any atom is 0.426 e. The Bertz CT molecular complexity index is 663. The SMILES string of the molecule is CC(C)(C)OC(=O)NN(CCC1(C#N)NCCC1=O)c1ccccc1. The third kappa shape index (κ3) is 4.94. The monoisotopic (exact) mass is 344 g/mol. The summed E-state index contributed by atoms with van der Waals surface area (Å²) in [5.74, 6) is -0.111. The van der Waals surface area contributed by atoms with Crippen LogP contribution in [0, 0.1) is 11.3 Å². The van der Waals surface area contributed by atoms with Crippen molar-refractivity contribution in [3.05, 3.63) is 30.3 Å². The number of ether oxygens (including phenoxy) is 1. The summed E-state index contributed by atoms with van der Waals surface area (Å²) in [6.07, 6.45) is 0.0128. The lowest BCUT2D eigenvalue weighted by Gasteiger charge is -2.30. The number of benzene rings is 1. The first-order chi connectivity index (χ1) is 11.8. The van der Waals surface area contributed by atoms with E-state index in [9.17, 15) is 14.9 Å². The molecule has 2 N–H and O–H groups in total. The molecular formula is C18H24N4O3. The molecule has 1 fully saturated rings. The van der Waals surface area contributed by atoms with E-state index in [2.05, 4.69) is 16.8 Å². The number of nitriles is 1. The molecule has 1 aromatic carbocycles. The number of hydrogen-bond donors (Lipinski definition) is 2. The van der Waals surface area contributed by atoms with Crippen LogP contribution >= 0.6 is 0 Å². The van der Waals surface area contributed by atoms with Crippen LogP contribution in [0.5, 0.6) is 0 Å². The van der Waals surface area contributed by atoms with Gasteiger partial charge in [0.2, 0.25) is 0 Å². The molecule has 1 aromatic rings. The molecule has 1 amide bonds. The zero-order chi connectivity index (χ0) is 18.5. The summed E-state index contributed by atoms with van der Waals surface area (Å²) in [7, 11) is 0. The molecule has 0 aromatic heterocycles. The van der Waals surface area contributed by atoms with Crippen LogP contribution in [0.4, 0.5) is 10.5 Å². The molecule has 2 rings (SSSR count). The van der Waals surface area contributed by atoms with Crippen molar-refractivity contribution in [2.45, 2.75) is 44.8 Å². The number of carbonyl (C=O) groups is 2. The van der Waals surface area contributed by atoms with Gasteiger partial charge in [-0.05, 0) is 32.9 Å². The predicted molar refractivity (Wildman–Crippen MR) is 93.7 cm³/mol. The highest BCUT2D eigenvalue weighted by atomic mass is 16.6. The standard InChI is InChI=1S/C18H24N4O3/c1-17(2,3)25-16(24)21-22(14-7-5-4-6-8-14)12-10-18(13-19)15(23)9-11-20-18/h4-8,20H,9-12H2,1-3H3,(H,21,24). The molecule has 1 heterocycles. The fraction of sp³-hybridized carbons (Fsp3) is 0.500. The Morgan fingerprint density at radius 2 is 2.08 bits per heavy atom. The molecule has 0 spiro atoms. The summed E-state index contributed by atoms with van der Waals surface area (Å²) >= 11 is 0. The van der Waals surface area contributed by atoms with Gasteiger partial charge in [-0.3, -0.25) is 15.1 Å². The smallest absolute Gasteiger partial charge is 0.426 e. The molecular weight excluding hydrogens is 320 g/mol. The second kappa shape index (κ2) is 7.53. The van der Waals surface area contributed by atoms with Crippen molar-refractivity contribution >= 4 is 17.6 Å². The van der Waals surface area contributed by atoms with Crippen molar-refractivity contribution < 1.29 is 14.3 Å². The second-order valence-electron chi connectivity index (χ2n) is 6.97. The van der Waals surface area contributed by atoms with Crippen LogP contribution < -0.4 is 15.8 Å². The van der Waals surface area contributed by atoms with E-state index in [1.54, 1.807) is 25.8 Å². The molecule has 1 aliphatic rings. The second-order valence-corrected chi connectivity index (χ2v) is 6.97. The van der Waals surface area contributed by atoms with E-state index in [0.29, 0.717) is 13.0 Å². The summed E-state index contributed by atoms with van der Waals surface area (Å²) in [6.45, 7) is 6.13. The Labute approximate surface area is 147 Å². The zero-order valence-corrected chi connectivity index (χ0v) is 14.8. The van der Waals surface area contributed by atoms with E-state index < -0.39 is 17.2 Å². The van der Waals surface area contributed by atoms with Gasteiger partial charge in [0.05, 0.1) is 11.8 Å². The number of carbonyl (C=O) groups excluding carboxylic acids is 2. The Kier molecular flexibility index (Phi) is 5.65. The van der Waals surface area contributed by atoms with Gasteiger partial charge in [0.25, 0.3) is 0 Å². The third-order valence-electron chi connectivity index (χ3n) is 3.85. The van der Waals surface area contributed by atoms with E-state index in [4.69, 9.17) is 4.74 Å². The molecule has 1 aliphatic heterocycles. The van der Waals surface area contributed by atoms with E-state index >= 15 is 0 Å². The van der Waals surface area contributed by atoms with E-state index in [1.807, 2.05) is 30.3 Å². The number of para-hydroxylation sites is 1. The van der Waals surface area contributed by atoms with Gasteiger partial charge in [0.15, 0.2) is 11.3 Å². The molecule has 7 heteroatoms. The number of ketones is 1. The van der Waals surface area contributed by atoms with Gasteiger partial charge >= 0.3 is 6.09 Å². The molecule has 134 valence electrons. The minimum atomic E-state index is -1.19. The predicted octanol–water partition coefficient (Wildman–Crippen LogP) is 2.15. The number of rotatable bonds is 5. The number of nitrogens with one attached hydrogen (secondary N) is 2. The molecule has 0 radical (unpaired) electrons. The minimum absolute atomic E-state index is 0.111. The Balaban J connectivity index is 2.11. The van der Waals surface area contributed by atoms with Crippen LogP contribution in [0.1, 0.15) is 33.6 Å². The fourth-order valence-corrected chi connectivity index (χ4v) is 2.64. The van der Waals surface area contributed by atoms with Crippen molar-refractivity contribution in [2.75, 3.05) is 18.1 Å². The molecule has 0 aliphatic carbocycles. The van der Waals surface area contributed by atoms with Crippen LogP contribution in [0.15, 0.2) is 30.3 Å². The molecule has 1 atom stereocenters. The quantitative estimate of drug-likeness (QED) is 0.795. The summed E-state index contributed by atoms with van der Waals surface area (Å²) in [5.41, 5.74) is 1.62. The van der Waals surface area contributed by atoms with Gasteiger partial charge < -0.3 is 4.74 Å². The van der Waals surface area contributed by atoms with Crippen molar-refractivity contribution in [1.82, 2.24) is 10.7 Å². The largest absolute Gasteiger partial charge is 0.443 e. The topological polar surface area (TPSA) is 94.5 Å². The van der Waals surface area contributed by atoms with E-state index in [1.165, 1.54) is 0 Å². The van der Waals surface area contributed by atoms with Gasteiger partial charge in [-0.1, -0.05) is 18.2 Å². The van der Waals surface area contributed by atoms with Crippen molar-refractivity contribution in [3.63, 3.8) is 0 Å². The number of nitrogens with zero attached hydrogens (tertiary/aromatic N) is 2. The summed E-state index contributed by atoms with van der Waals surface area (Å²) in [5, 5.41) is 14.0. The van der Waals surface area contributed by atoms with Crippen molar-refractivity contribution in [2.24, 2.45) is 0 Å². The summed E-state index contributed by atoms with van der Waals surface area (Å²) < 4.78 is 5.29. The van der Waals surface area contributed by atoms with E-state index in [-0.39, 0.29) is 18.7 Å². The normalized spacial score (nSPS) is 20.0. The lowest BCUT2D eigenvalue weighted by atomic mass is 9.94. The van der Waals surface area contributed by atoms with Gasteiger partial charge in [-0.2, -0.15) is 5.26 Å². The molecule has 0 bridgehead atoms.